The zero-order chi connectivity index (χ0) is 16.9. The van der Waals surface area contributed by atoms with Gasteiger partial charge in [-0.3, -0.25) is 9.59 Å². The smallest absolute Gasteiger partial charge is 0.312 e. The quantitative estimate of drug-likeness (QED) is 0.666. The van der Waals surface area contributed by atoms with Crippen molar-refractivity contribution < 1.29 is 9.59 Å². The van der Waals surface area contributed by atoms with Crippen molar-refractivity contribution in [3.63, 3.8) is 0 Å². The Morgan fingerprint density at radius 1 is 0.875 bits per heavy atom. The van der Waals surface area contributed by atoms with Gasteiger partial charge in [0.2, 0.25) is 5.95 Å². The molecule has 0 spiro atoms. The first-order valence-corrected chi connectivity index (χ1v) is 8.51. The normalized spacial score (nSPS) is 19.5. The van der Waals surface area contributed by atoms with E-state index in [1.54, 1.807) is 28.3 Å². The molecule has 1 aromatic heterocycles. The third-order valence-electron chi connectivity index (χ3n) is 4.69. The molecule has 0 aromatic carbocycles. The molecule has 130 valence electrons. The summed E-state index contributed by atoms with van der Waals surface area (Å²) in [7, 11) is 0. The minimum atomic E-state index is -0.381. The van der Waals surface area contributed by atoms with Crippen LogP contribution < -0.4 is 4.90 Å². The molecule has 3 heterocycles. The van der Waals surface area contributed by atoms with E-state index in [1.165, 1.54) is 0 Å². The summed E-state index contributed by atoms with van der Waals surface area (Å²) in [6.07, 6.45) is 3.42. The zero-order valence-electron chi connectivity index (χ0n) is 14.1. The summed E-state index contributed by atoms with van der Waals surface area (Å²) in [5.74, 6) is -0.0737. The minimum Gasteiger partial charge on any atom is -0.337 e. The second kappa shape index (κ2) is 7.57. The first-order valence-electron chi connectivity index (χ1n) is 8.51. The number of carbonyl (C=O) groups is 2. The van der Waals surface area contributed by atoms with Crippen LogP contribution >= 0.6 is 0 Å². The number of hydrogen-bond donors (Lipinski definition) is 0. The number of likely N-dealkylation sites (N-methyl/N-ethyl adjacent to an activating group) is 1. The minimum absolute atomic E-state index is 0.366. The van der Waals surface area contributed by atoms with E-state index in [0.29, 0.717) is 45.2 Å². The van der Waals surface area contributed by atoms with Crippen molar-refractivity contribution in [1.29, 1.82) is 0 Å². The molecule has 2 aliphatic heterocycles. The number of hydrogen-bond acceptors (Lipinski definition) is 6. The predicted octanol–water partition coefficient (Wildman–Crippen LogP) is -0.711. The van der Waals surface area contributed by atoms with Crippen molar-refractivity contribution in [3.05, 3.63) is 18.5 Å². The lowest BCUT2D eigenvalue weighted by Crippen LogP contribution is -2.56. The van der Waals surface area contributed by atoms with Crippen molar-refractivity contribution in [1.82, 2.24) is 24.7 Å². The summed E-state index contributed by atoms with van der Waals surface area (Å²) >= 11 is 0. The molecule has 8 nitrogen and oxygen atoms in total. The van der Waals surface area contributed by atoms with Crippen molar-refractivity contribution >= 4 is 17.8 Å². The average Bonchev–Trinajstić information content (AvgIpc) is 2.68. The fourth-order valence-corrected chi connectivity index (χ4v) is 3.10. The monoisotopic (exact) mass is 332 g/mol. The van der Waals surface area contributed by atoms with Crippen LogP contribution in [-0.2, 0) is 9.59 Å². The second-order valence-electron chi connectivity index (χ2n) is 6.05. The Morgan fingerprint density at radius 3 is 1.88 bits per heavy atom. The molecular weight excluding hydrogens is 308 g/mol. The van der Waals surface area contributed by atoms with Crippen molar-refractivity contribution in [3.8, 4) is 0 Å². The van der Waals surface area contributed by atoms with Crippen LogP contribution in [0.25, 0.3) is 0 Å². The molecule has 1 aromatic rings. The maximum absolute atomic E-state index is 12.5. The first kappa shape index (κ1) is 16.6. The molecule has 2 saturated heterocycles. The Bertz CT molecular complexity index is 565. The van der Waals surface area contributed by atoms with Crippen molar-refractivity contribution in [2.45, 2.75) is 6.92 Å². The van der Waals surface area contributed by atoms with E-state index in [2.05, 4.69) is 21.8 Å². The highest BCUT2D eigenvalue weighted by Gasteiger charge is 2.31. The van der Waals surface area contributed by atoms with E-state index in [0.717, 1.165) is 19.6 Å². The fourth-order valence-electron chi connectivity index (χ4n) is 3.10. The predicted molar refractivity (Wildman–Crippen MR) is 89.5 cm³/mol. The van der Waals surface area contributed by atoms with Gasteiger partial charge in [0.05, 0.1) is 0 Å². The number of anilines is 1. The van der Waals surface area contributed by atoms with Crippen LogP contribution in [0, 0.1) is 0 Å². The SMILES string of the molecule is CCN1CCN(C(=O)C(=O)N2CCN(c3ncccn3)CC2)CC1. The lowest BCUT2D eigenvalue weighted by atomic mass is 10.2. The molecule has 0 N–H and O–H groups in total. The Labute approximate surface area is 142 Å². The number of aromatic nitrogens is 2. The van der Waals surface area contributed by atoms with Gasteiger partial charge in [0.25, 0.3) is 0 Å². The third-order valence-corrected chi connectivity index (χ3v) is 4.69. The number of rotatable bonds is 2. The largest absolute Gasteiger partial charge is 0.337 e. The van der Waals surface area contributed by atoms with Gasteiger partial charge in [0, 0.05) is 64.8 Å². The Hall–Kier alpha value is -2.22. The molecule has 2 amide bonds. The van der Waals surface area contributed by atoms with Gasteiger partial charge in [-0.05, 0) is 12.6 Å². The van der Waals surface area contributed by atoms with Crippen LogP contribution in [0.5, 0.6) is 0 Å². The van der Waals surface area contributed by atoms with E-state index in [9.17, 15) is 9.59 Å². The van der Waals surface area contributed by atoms with Gasteiger partial charge in [0.1, 0.15) is 0 Å². The number of amides is 2. The Kier molecular flexibility index (Phi) is 5.24. The van der Waals surface area contributed by atoms with Crippen LogP contribution in [0.3, 0.4) is 0 Å². The van der Waals surface area contributed by atoms with E-state index < -0.39 is 0 Å². The third kappa shape index (κ3) is 3.64. The van der Waals surface area contributed by atoms with E-state index in [1.807, 2.05) is 4.90 Å². The molecule has 8 heteroatoms. The van der Waals surface area contributed by atoms with Gasteiger partial charge in [-0.1, -0.05) is 6.92 Å². The molecular formula is C16H24N6O2. The van der Waals surface area contributed by atoms with Gasteiger partial charge < -0.3 is 19.6 Å². The van der Waals surface area contributed by atoms with Crippen LogP contribution in [0.15, 0.2) is 18.5 Å². The number of piperazine rings is 2. The van der Waals surface area contributed by atoms with Gasteiger partial charge >= 0.3 is 11.8 Å². The fraction of sp³-hybridized carbons (Fsp3) is 0.625. The lowest BCUT2D eigenvalue weighted by molar-refractivity contribution is -0.153. The van der Waals surface area contributed by atoms with Gasteiger partial charge in [-0.25, -0.2) is 9.97 Å². The number of nitrogens with zero attached hydrogens (tertiary/aromatic N) is 6. The second-order valence-corrected chi connectivity index (χ2v) is 6.05. The molecule has 0 bridgehead atoms. The maximum atomic E-state index is 12.5. The molecule has 0 atom stereocenters. The molecule has 0 aliphatic carbocycles. The topological polar surface area (TPSA) is 72.9 Å². The summed E-state index contributed by atoms with van der Waals surface area (Å²) in [5, 5.41) is 0. The van der Waals surface area contributed by atoms with E-state index in [-0.39, 0.29) is 11.8 Å². The molecule has 24 heavy (non-hydrogen) atoms. The molecule has 2 fully saturated rings. The first-order chi connectivity index (χ1) is 11.7. The summed E-state index contributed by atoms with van der Waals surface area (Å²) in [6.45, 7) is 8.39. The molecule has 0 radical (unpaired) electrons. The highest BCUT2D eigenvalue weighted by atomic mass is 16.2. The van der Waals surface area contributed by atoms with Crippen LogP contribution in [0.2, 0.25) is 0 Å². The van der Waals surface area contributed by atoms with Crippen LogP contribution in [-0.4, -0.2) is 95.4 Å². The van der Waals surface area contributed by atoms with Gasteiger partial charge in [-0.15, -0.1) is 0 Å². The summed E-state index contributed by atoms with van der Waals surface area (Å²) in [6, 6.07) is 1.78. The van der Waals surface area contributed by atoms with Gasteiger partial charge in [-0.2, -0.15) is 0 Å². The molecule has 0 saturated carbocycles. The Balaban J connectivity index is 1.51. The zero-order valence-corrected chi connectivity index (χ0v) is 14.1. The lowest BCUT2D eigenvalue weighted by Gasteiger charge is -2.37. The van der Waals surface area contributed by atoms with E-state index in [4.69, 9.17) is 0 Å². The van der Waals surface area contributed by atoms with Gasteiger partial charge in [0.15, 0.2) is 0 Å². The summed E-state index contributed by atoms with van der Waals surface area (Å²) in [4.78, 5) is 41.0. The van der Waals surface area contributed by atoms with E-state index >= 15 is 0 Å². The average molecular weight is 332 g/mol. The van der Waals surface area contributed by atoms with Crippen LogP contribution in [0.1, 0.15) is 6.92 Å². The van der Waals surface area contributed by atoms with Crippen molar-refractivity contribution in [2.75, 3.05) is 63.8 Å². The summed E-state index contributed by atoms with van der Waals surface area (Å²) in [5.41, 5.74) is 0. The number of carbonyl (C=O) groups excluding carboxylic acids is 2. The van der Waals surface area contributed by atoms with Crippen LogP contribution in [0.4, 0.5) is 5.95 Å². The summed E-state index contributed by atoms with van der Waals surface area (Å²) < 4.78 is 0. The molecule has 2 aliphatic rings. The Morgan fingerprint density at radius 2 is 1.38 bits per heavy atom. The van der Waals surface area contributed by atoms with Crippen molar-refractivity contribution in [2.24, 2.45) is 0 Å². The molecule has 0 unspecified atom stereocenters. The highest BCUT2D eigenvalue weighted by Crippen LogP contribution is 2.11. The maximum Gasteiger partial charge on any atom is 0.312 e. The highest BCUT2D eigenvalue weighted by molar-refractivity contribution is 6.34. The standard InChI is InChI=1S/C16H24N6O2/c1-2-19-6-8-20(9-7-19)14(23)15(24)21-10-12-22(13-11-21)16-17-4-3-5-18-16/h3-5H,2,6-13H2,1H3. The molecule has 3 rings (SSSR count).